The number of piperidine rings is 1. The molecule has 0 aromatic carbocycles. The fourth-order valence-corrected chi connectivity index (χ4v) is 3.28. The quantitative estimate of drug-likeness (QED) is 0.897. The largest absolute Gasteiger partial charge is 0.355 e. The van der Waals surface area contributed by atoms with Gasteiger partial charge in [0.2, 0.25) is 0 Å². The summed E-state index contributed by atoms with van der Waals surface area (Å²) in [5.74, 6) is 0.573. The van der Waals surface area contributed by atoms with E-state index < -0.39 is 6.17 Å². The van der Waals surface area contributed by atoms with Gasteiger partial charge < -0.3 is 10.2 Å². The van der Waals surface area contributed by atoms with Crippen molar-refractivity contribution in [2.75, 3.05) is 38.1 Å². The predicted octanol–water partition coefficient (Wildman–Crippen LogP) is 0.849. The van der Waals surface area contributed by atoms with E-state index in [0.29, 0.717) is 24.7 Å². The topological polar surface area (TPSA) is 61.4 Å². The number of anilines is 1. The van der Waals surface area contributed by atoms with Gasteiger partial charge in [0.05, 0.1) is 0 Å². The average molecular weight is 307 g/mol. The van der Waals surface area contributed by atoms with E-state index in [4.69, 9.17) is 0 Å². The molecule has 1 amide bonds. The molecule has 2 aliphatic rings. The van der Waals surface area contributed by atoms with Crippen LogP contribution in [-0.2, 0) is 0 Å². The predicted molar refractivity (Wildman–Crippen MR) is 81.7 cm³/mol. The van der Waals surface area contributed by atoms with Gasteiger partial charge in [-0.2, -0.15) is 0 Å². The molecule has 7 heteroatoms. The summed E-state index contributed by atoms with van der Waals surface area (Å²) >= 11 is 0. The average Bonchev–Trinajstić information content (AvgIpc) is 3.01. The molecule has 1 unspecified atom stereocenters. The van der Waals surface area contributed by atoms with E-state index >= 15 is 0 Å². The Morgan fingerprint density at radius 3 is 2.55 bits per heavy atom. The zero-order chi connectivity index (χ0) is 15.5. The second kappa shape index (κ2) is 6.56. The number of likely N-dealkylation sites (tertiary alicyclic amines) is 1. The number of amides is 1. The van der Waals surface area contributed by atoms with Gasteiger partial charge in [-0.1, -0.05) is 0 Å². The summed E-state index contributed by atoms with van der Waals surface area (Å²) in [6, 6.07) is 4.02. The second-order valence-corrected chi connectivity index (χ2v) is 5.96. The molecule has 3 rings (SSSR count). The van der Waals surface area contributed by atoms with Crippen molar-refractivity contribution in [3.63, 3.8) is 0 Å². The van der Waals surface area contributed by atoms with Crippen molar-refractivity contribution in [3.05, 3.63) is 17.8 Å². The zero-order valence-corrected chi connectivity index (χ0v) is 12.8. The Balaban J connectivity index is 1.56. The number of nitrogens with one attached hydrogen (secondary N) is 1. The molecule has 6 nitrogen and oxygen atoms in total. The third-order valence-electron chi connectivity index (χ3n) is 4.58. The molecule has 0 aliphatic carbocycles. The number of halogens is 1. The summed E-state index contributed by atoms with van der Waals surface area (Å²) in [7, 11) is 1.57. The summed E-state index contributed by atoms with van der Waals surface area (Å²) < 4.78 is 13.3. The number of hydrogen-bond acceptors (Lipinski definition) is 5. The van der Waals surface area contributed by atoms with Crippen LogP contribution >= 0.6 is 0 Å². The van der Waals surface area contributed by atoms with Crippen LogP contribution in [0.5, 0.6) is 0 Å². The van der Waals surface area contributed by atoms with Gasteiger partial charge in [-0.3, -0.25) is 9.69 Å². The molecule has 1 aromatic rings. The van der Waals surface area contributed by atoms with Gasteiger partial charge in [0.25, 0.3) is 5.91 Å². The summed E-state index contributed by atoms with van der Waals surface area (Å²) in [6.07, 6.45) is 2.06. The Hall–Kier alpha value is -1.76. The molecule has 120 valence electrons. The van der Waals surface area contributed by atoms with Crippen molar-refractivity contribution < 1.29 is 9.18 Å². The fourth-order valence-electron chi connectivity index (χ4n) is 3.28. The van der Waals surface area contributed by atoms with Gasteiger partial charge in [0.1, 0.15) is 6.17 Å². The Labute approximate surface area is 129 Å². The highest BCUT2D eigenvalue weighted by Gasteiger charge is 2.30. The third-order valence-corrected chi connectivity index (χ3v) is 4.58. The van der Waals surface area contributed by atoms with Crippen LogP contribution in [0.2, 0.25) is 0 Å². The molecule has 2 fully saturated rings. The molecule has 2 saturated heterocycles. The van der Waals surface area contributed by atoms with Crippen LogP contribution in [0.3, 0.4) is 0 Å². The minimum Gasteiger partial charge on any atom is -0.355 e. The standard InChI is InChI=1S/C15H22FN5O/c1-17-15(22)13-2-3-14(19-18-13)20-8-5-12(6-9-20)21-7-4-11(16)10-21/h2-3,11-12H,4-10H2,1H3,(H,17,22). The maximum absolute atomic E-state index is 13.3. The van der Waals surface area contributed by atoms with Crippen molar-refractivity contribution in [2.45, 2.75) is 31.5 Å². The third kappa shape index (κ3) is 3.19. The van der Waals surface area contributed by atoms with Gasteiger partial charge in [-0.15, -0.1) is 10.2 Å². The van der Waals surface area contributed by atoms with E-state index in [1.165, 1.54) is 0 Å². The van der Waals surface area contributed by atoms with Crippen molar-refractivity contribution in [1.29, 1.82) is 0 Å². The van der Waals surface area contributed by atoms with E-state index in [2.05, 4.69) is 25.3 Å². The van der Waals surface area contributed by atoms with Crippen LogP contribution < -0.4 is 10.2 Å². The number of rotatable bonds is 3. The van der Waals surface area contributed by atoms with Crippen LogP contribution in [-0.4, -0.2) is 66.4 Å². The van der Waals surface area contributed by atoms with Gasteiger partial charge >= 0.3 is 0 Å². The maximum Gasteiger partial charge on any atom is 0.271 e. The van der Waals surface area contributed by atoms with Crippen LogP contribution in [0.4, 0.5) is 10.2 Å². The lowest BCUT2D eigenvalue weighted by molar-refractivity contribution is 0.0957. The lowest BCUT2D eigenvalue weighted by Gasteiger charge is -2.36. The fraction of sp³-hybridized carbons (Fsp3) is 0.667. The van der Waals surface area contributed by atoms with Gasteiger partial charge in [0.15, 0.2) is 11.5 Å². The molecule has 0 spiro atoms. The minimum absolute atomic E-state index is 0.229. The number of carbonyl (C=O) groups excluding carboxylic acids is 1. The number of carbonyl (C=O) groups is 1. The van der Waals surface area contributed by atoms with Gasteiger partial charge in [-0.05, 0) is 31.4 Å². The van der Waals surface area contributed by atoms with E-state index in [1.54, 1.807) is 13.1 Å². The first-order valence-corrected chi connectivity index (χ1v) is 7.86. The van der Waals surface area contributed by atoms with Crippen LogP contribution in [0, 0.1) is 0 Å². The summed E-state index contributed by atoms with van der Waals surface area (Å²) in [5, 5.41) is 10.6. The summed E-state index contributed by atoms with van der Waals surface area (Å²) in [4.78, 5) is 15.9. The normalized spacial score (nSPS) is 23.7. The van der Waals surface area contributed by atoms with Crippen LogP contribution in [0.25, 0.3) is 0 Å². The van der Waals surface area contributed by atoms with Crippen LogP contribution in [0.1, 0.15) is 29.8 Å². The van der Waals surface area contributed by atoms with Crippen LogP contribution in [0.15, 0.2) is 12.1 Å². The van der Waals surface area contributed by atoms with Gasteiger partial charge in [0, 0.05) is 39.3 Å². The molecule has 0 bridgehead atoms. The molecule has 1 aromatic heterocycles. The van der Waals surface area contributed by atoms with Crippen molar-refractivity contribution in [1.82, 2.24) is 20.4 Å². The van der Waals surface area contributed by atoms with E-state index in [-0.39, 0.29) is 5.91 Å². The lowest BCUT2D eigenvalue weighted by atomic mass is 10.0. The molecule has 1 N–H and O–H groups in total. The molecule has 1 atom stereocenters. The molecule has 2 aliphatic heterocycles. The van der Waals surface area contributed by atoms with Crippen molar-refractivity contribution in [3.8, 4) is 0 Å². The first kappa shape index (κ1) is 15.1. The monoisotopic (exact) mass is 307 g/mol. The van der Waals surface area contributed by atoms with E-state index in [0.717, 1.165) is 38.3 Å². The molecular weight excluding hydrogens is 285 g/mol. The summed E-state index contributed by atoms with van der Waals surface area (Å²) in [6.45, 7) is 3.26. The molecular formula is C15H22FN5O. The highest BCUT2D eigenvalue weighted by atomic mass is 19.1. The maximum atomic E-state index is 13.3. The number of hydrogen-bond donors (Lipinski definition) is 1. The Morgan fingerprint density at radius 2 is 2.00 bits per heavy atom. The Morgan fingerprint density at radius 1 is 1.23 bits per heavy atom. The highest BCUT2D eigenvalue weighted by Crippen LogP contribution is 2.24. The summed E-state index contributed by atoms with van der Waals surface area (Å²) in [5.41, 5.74) is 0.326. The van der Waals surface area contributed by atoms with E-state index in [9.17, 15) is 9.18 Å². The van der Waals surface area contributed by atoms with Gasteiger partial charge in [-0.25, -0.2) is 4.39 Å². The zero-order valence-electron chi connectivity index (χ0n) is 12.8. The number of alkyl halides is 1. The van der Waals surface area contributed by atoms with E-state index in [1.807, 2.05) is 6.07 Å². The first-order chi connectivity index (χ1) is 10.7. The first-order valence-electron chi connectivity index (χ1n) is 7.86. The smallest absolute Gasteiger partial charge is 0.271 e. The Kier molecular flexibility index (Phi) is 4.52. The molecule has 3 heterocycles. The second-order valence-electron chi connectivity index (χ2n) is 5.96. The lowest BCUT2D eigenvalue weighted by Crippen LogP contribution is -2.44. The molecule has 22 heavy (non-hydrogen) atoms. The SMILES string of the molecule is CNC(=O)c1ccc(N2CCC(N3CCC(F)C3)CC2)nn1. The van der Waals surface area contributed by atoms with Crippen molar-refractivity contribution in [2.24, 2.45) is 0 Å². The highest BCUT2D eigenvalue weighted by molar-refractivity contribution is 5.91. The molecule has 0 radical (unpaired) electrons. The molecule has 0 saturated carbocycles. The Bertz CT molecular complexity index is 515. The minimum atomic E-state index is -0.652. The number of aromatic nitrogens is 2. The van der Waals surface area contributed by atoms with Crippen molar-refractivity contribution >= 4 is 11.7 Å². The number of nitrogens with zero attached hydrogens (tertiary/aromatic N) is 4.